The van der Waals surface area contributed by atoms with Crippen molar-refractivity contribution in [3.63, 3.8) is 0 Å². The SMILES string of the molecule is COCCN1C(N)=NCC1c1cccc2c1OC(C)(C)C2. The maximum absolute atomic E-state index is 6.18. The van der Waals surface area contributed by atoms with Gasteiger partial charge in [0.25, 0.3) is 0 Å². The van der Waals surface area contributed by atoms with Crippen LogP contribution in [0.15, 0.2) is 23.2 Å². The molecule has 1 atom stereocenters. The van der Waals surface area contributed by atoms with Crippen LogP contribution in [-0.4, -0.2) is 43.3 Å². The van der Waals surface area contributed by atoms with Crippen molar-refractivity contribution in [3.05, 3.63) is 29.3 Å². The zero-order valence-corrected chi connectivity index (χ0v) is 12.9. The standard InChI is InChI=1S/C16H23N3O2/c1-16(2)9-11-5-4-6-12(14(11)21-16)13-10-18-15(17)19(13)7-8-20-3/h4-6,13H,7-10H2,1-3H3,(H2,17,18). The molecule has 0 radical (unpaired) electrons. The number of nitrogens with zero attached hydrogens (tertiary/aromatic N) is 2. The number of rotatable bonds is 4. The van der Waals surface area contributed by atoms with Crippen LogP contribution in [0.5, 0.6) is 5.75 Å². The number of ether oxygens (including phenoxy) is 2. The van der Waals surface area contributed by atoms with Gasteiger partial charge in [0.2, 0.25) is 0 Å². The van der Waals surface area contributed by atoms with E-state index in [9.17, 15) is 0 Å². The Morgan fingerprint density at radius 3 is 3.05 bits per heavy atom. The third kappa shape index (κ3) is 2.58. The van der Waals surface area contributed by atoms with Gasteiger partial charge in [-0.3, -0.25) is 4.99 Å². The summed E-state index contributed by atoms with van der Waals surface area (Å²) in [5, 5.41) is 0. The molecule has 21 heavy (non-hydrogen) atoms. The molecule has 0 saturated heterocycles. The van der Waals surface area contributed by atoms with Gasteiger partial charge in [-0.15, -0.1) is 0 Å². The van der Waals surface area contributed by atoms with Crippen LogP contribution in [-0.2, 0) is 11.2 Å². The molecule has 0 saturated carbocycles. The van der Waals surface area contributed by atoms with E-state index in [1.54, 1.807) is 7.11 Å². The number of hydrogen-bond acceptors (Lipinski definition) is 5. The summed E-state index contributed by atoms with van der Waals surface area (Å²) in [5.74, 6) is 1.60. The maximum Gasteiger partial charge on any atom is 0.192 e. The second-order valence-electron chi connectivity index (χ2n) is 6.27. The first-order valence-electron chi connectivity index (χ1n) is 7.38. The first-order valence-corrected chi connectivity index (χ1v) is 7.38. The normalized spacial score (nSPS) is 22.9. The molecule has 1 unspecified atom stereocenters. The molecule has 0 amide bonds. The van der Waals surface area contributed by atoms with Gasteiger partial charge in [-0.25, -0.2) is 0 Å². The van der Waals surface area contributed by atoms with Crippen LogP contribution < -0.4 is 10.5 Å². The van der Waals surface area contributed by atoms with Crippen molar-refractivity contribution in [2.75, 3.05) is 26.8 Å². The van der Waals surface area contributed by atoms with Gasteiger partial charge < -0.3 is 20.1 Å². The number of guanidine groups is 1. The van der Waals surface area contributed by atoms with Gasteiger partial charge in [0.05, 0.1) is 19.2 Å². The van der Waals surface area contributed by atoms with Crippen molar-refractivity contribution in [1.29, 1.82) is 0 Å². The topological polar surface area (TPSA) is 60.1 Å². The van der Waals surface area contributed by atoms with E-state index in [2.05, 4.69) is 41.9 Å². The molecule has 5 heteroatoms. The van der Waals surface area contributed by atoms with Crippen molar-refractivity contribution in [3.8, 4) is 5.75 Å². The van der Waals surface area contributed by atoms with E-state index in [1.807, 2.05) is 0 Å². The molecule has 0 aromatic heterocycles. The highest BCUT2D eigenvalue weighted by molar-refractivity contribution is 5.80. The number of methoxy groups -OCH3 is 1. The summed E-state index contributed by atoms with van der Waals surface area (Å²) in [4.78, 5) is 6.50. The summed E-state index contributed by atoms with van der Waals surface area (Å²) in [6.07, 6.45) is 0.942. The Kier molecular flexibility index (Phi) is 3.53. The van der Waals surface area contributed by atoms with Gasteiger partial charge in [-0.1, -0.05) is 18.2 Å². The second kappa shape index (κ2) is 5.22. The van der Waals surface area contributed by atoms with Gasteiger partial charge >= 0.3 is 0 Å². The molecule has 1 aromatic rings. The van der Waals surface area contributed by atoms with Crippen LogP contribution in [0.2, 0.25) is 0 Å². The smallest absolute Gasteiger partial charge is 0.192 e. The fourth-order valence-corrected chi connectivity index (χ4v) is 3.16. The minimum atomic E-state index is -0.138. The van der Waals surface area contributed by atoms with Crippen LogP contribution in [0.1, 0.15) is 31.0 Å². The Labute approximate surface area is 125 Å². The lowest BCUT2D eigenvalue weighted by molar-refractivity contribution is 0.133. The minimum Gasteiger partial charge on any atom is -0.487 e. The molecule has 0 fully saturated rings. The summed E-state index contributed by atoms with van der Waals surface area (Å²) in [7, 11) is 1.70. The summed E-state index contributed by atoms with van der Waals surface area (Å²) < 4.78 is 11.4. The summed E-state index contributed by atoms with van der Waals surface area (Å²) in [6.45, 7) is 6.30. The number of fused-ring (bicyclic) bond motifs is 1. The molecule has 2 heterocycles. The van der Waals surface area contributed by atoms with Crippen LogP contribution in [0.25, 0.3) is 0 Å². The van der Waals surface area contributed by atoms with Crippen LogP contribution in [0.3, 0.4) is 0 Å². The zero-order valence-electron chi connectivity index (χ0n) is 12.9. The number of nitrogens with two attached hydrogens (primary N) is 1. The highest BCUT2D eigenvalue weighted by atomic mass is 16.5. The summed E-state index contributed by atoms with van der Waals surface area (Å²) >= 11 is 0. The quantitative estimate of drug-likeness (QED) is 0.917. The van der Waals surface area contributed by atoms with E-state index in [4.69, 9.17) is 15.2 Å². The highest BCUT2D eigenvalue weighted by Gasteiger charge is 2.36. The van der Waals surface area contributed by atoms with E-state index in [0.717, 1.165) is 18.7 Å². The van der Waals surface area contributed by atoms with Crippen molar-refractivity contribution >= 4 is 5.96 Å². The molecule has 2 aliphatic rings. The third-order valence-electron chi connectivity index (χ3n) is 4.11. The van der Waals surface area contributed by atoms with Gasteiger partial charge in [-0.2, -0.15) is 0 Å². The predicted molar refractivity (Wildman–Crippen MR) is 82.7 cm³/mol. The van der Waals surface area contributed by atoms with E-state index >= 15 is 0 Å². The Hall–Kier alpha value is -1.75. The van der Waals surface area contributed by atoms with E-state index < -0.39 is 0 Å². The molecule has 0 aliphatic carbocycles. The fourth-order valence-electron chi connectivity index (χ4n) is 3.16. The average Bonchev–Trinajstić information content (AvgIpc) is 2.94. The third-order valence-corrected chi connectivity index (χ3v) is 4.11. The molecule has 1 aromatic carbocycles. The maximum atomic E-state index is 6.18. The number of para-hydroxylation sites is 1. The second-order valence-corrected chi connectivity index (χ2v) is 6.27. The Morgan fingerprint density at radius 2 is 2.29 bits per heavy atom. The molecule has 5 nitrogen and oxygen atoms in total. The molecule has 0 bridgehead atoms. The zero-order chi connectivity index (χ0) is 15.0. The van der Waals surface area contributed by atoms with Crippen LogP contribution in [0, 0.1) is 0 Å². The van der Waals surface area contributed by atoms with E-state index in [0.29, 0.717) is 19.1 Å². The van der Waals surface area contributed by atoms with Crippen molar-refractivity contribution in [1.82, 2.24) is 4.90 Å². The minimum absolute atomic E-state index is 0.138. The number of hydrogen-bond donors (Lipinski definition) is 1. The predicted octanol–water partition coefficient (Wildman–Crippen LogP) is 1.72. The average molecular weight is 289 g/mol. The monoisotopic (exact) mass is 289 g/mol. The summed E-state index contributed by atoms with van der Waals surface area (Å²) in [6, 6.07) is 6.51. The van der Waals surface area contributed by atoms with Crippen molar-refractivity contribution in [2.24, 2.45) is 10.7 Å². The van der Waals surface area contributed by atoms with E-state index in [-0.39, 0.29) is 11.6 Å². The molecule has 114 valence electrons. The Morgan fingerprint density at radius 1 is 1.48 bits per heavy atom. The van der Waals surface area contributed by atoms with Gasteiger partial charge in [0, 0.05) is 25.6 Å². The molecule has 0 spiro atoms. The van der Waals surface area contributed by atoms with Gasteiger partial charge in [0.1, 0.15) is 11.4 Å². The van der Waals surface area contributed by atoms with Crippen LogP contribution in [0.4, 0.5) is 0 Å². The fraction of sp³-hybridized carbons (Fsp3) is 0.562. The van der Waals surface area contributed by atoms with E-state index in [1.165, 1.54) is 11.1 Å². The number of aliphatic imine (C=N–C) groups is 1. The molecule has 3 rings (SSSR count). The van der Waals surface area contributed by atoms with Gasteiger partial charge in [-0.05, 0) is 19.4 Å². The lowest BCUT2D eigenvalue weighted by Gasteiger charge is -2.28. The Bertz CT molecular complexity index is 569. The van der Waals surface area contributed by atoms with Gasteiger partial charge in [0.15, 0.2) is 5.96 Å². The van der Waals surface area contributed by atoms with Crippen molar-refractivity contribution in [2.45, 2.75) is 31.9 Å². The lowest BCUT2D eigenvalue weighted by Crippen LogP contribution is -2.38. The molecular weight excluding hydrogens is 266 g/mol. The molecule has 2 N–H and O–H groups in total. The number of benzene rings is 1. The molecule has 2 aliphatic heterocycles. The highest BCUT2D eigenvalue weighted by Crippen LogP contribution is 2.42. The lowest BCUT2D eigenvalue weighted by atomic mass is 9.98. The largest absolute Gasteiger partial charge is 0.487 e. The first kappa shape index (κ1) is 14.2. The molecular formula is C16H23N3O2. The van der Waals surface area contributed by atoms with Crippen molar-refractivity contribution < 1.29 is 9.47 Å². The van der Waals surface area contributed by atoms with Crippen LogP contribution >= 0.6 is 0 Å². The first-order chi connectivity index (χ1) is 10.0. The summed E-state index contributed by atoms with van der Waals surface area (Å²) in [5.41, 5.74) is 8.34. The Balaban J connectivity index is 1.90.